The van der Waals surface area contributed by atoms with Gasteiger partial charge in [0.25, 0.3) is 0 Å². The lowest BCUT2D eigenvalue weighted by molar-refractivity contribution is -0.143. The number of ether oxygens (including phenoxy) is 1. The van der Waals surface area contributed by atoms with Gasteiger partial charge in [-0.05, 0) is 17.9 Å². The average Bonchev–Trinajstić information content (AvgIpc) is 2.94. The zero-order valence-corrected chi connectivity index (χ0v) is 11.4. The summed E-state index contributed by atoms with van der Waals surface area (Å²) in [6, 6.07) is 10.5. The van der Waals surface area contributed by atoms with E-state index >= 15 is 0 Å². The first-order chi connectivity index (χ1) is 8.27. The molecule has 3 heteroatoms. The molecule has 0 amide bonds. The first kappa shape index (κ1) is 10.4. The van der Waals surface area contributed by atoms with Crippen LogP contribution < -0.4 is 0 Å². The lowest BCUT2D eigenvalue weighted by atomic mass is 9.76. The molecule has 3 fully saturated rings. The molecule has 1 heterocycles. The van der Waals surface area contributed by atoms with Crippen LogP contribution in [-0.2, 0) is 9.53 Å². The molecule has 2 aliphatic carbocycles. The minimum absolute atomic E-state index is 0.0514. The van der Waals surface area contributed by atoms with Gasteiger partial charge in [0.2, 0.25) is 0 Å². The van der Waals surface area contributed by atoms with Crippen LogP contribution in [0.3, 0.4) is 0 Å². The van der Waals surface area contributed by atoms with Crippen LogP contribution in [0.1, 0.15) is 17.9 Å². The van der Waals surface area contributed by atoms with Crippen LogP contribution in [0.5, 0.6) is 0 Å². The molecular weight excluding hydrogens is 327 g/mol. The minimum Gasteiger partial charge on any atom is -0.461 e. The fourth-order valence-corrected chi connectivity index (χ4v) is 5.52. The number of hydrogen-bond acceptors (Lipinski definition) is 2. The number of alkyl halides is 1. The first-order valence-corrected chi connectivity index (χ1v) is 7.41. The lowest BCUT2D eigenvalue weighted by Gasteiger charge is -2.28. The second-order valence-corrected chi connectivity index (χ2v) is 6.81. The number of rotatable bonds is 1. The van der Waals surface area contributed by atoms with E-state index in [0.29, 0.717) is 21.7 Å². The Hall–Kier alpha value is -0.580. The second-order valence-electron chi connectivity index (χ2n) is 5.37. The van der Waals surface area contributed by atoms with Crippen molar-refractivity contribution in [3.8, 4) is 0 Å². The van der Waals surface area contributed by atoms with E-state index in [9.17, 15) is 4.79 Å². The number of hydrogen-bond donors (Lipinski definition) is 0. The van der Waals surface area contributed by atoms with Crippen molar-refractivity contribution in [2.24, 2.45) is 17.8 Å². The van der Waals surface area contributed by atoms with Crippen LogP contribution in [0.4, 0.5) is 0 Å². The zero-order chi connectivity index (χ0) is 11.6. The molecule has 1 aliphatic heterocycles. The molecule has 3 aliphatic rings. The zero-order valence-electron chi connectivity index (χ0n) is 9.25. The number of halogens is 1. The summed E-state index contributed by atoms with van der Waals surface area (Å²) in [4.78, 5) is 12.0. The Morgan fingerprint density at radius 1 is 1.12 bits per heavy atom. The van der Waals surface area contributed by atoms with Gasteiger partial charge in [0.15, 0.2) is 0 Å². The molecule has 0 radical (unpaired) electrons. The lowest BCUT2D eigenvalue weighted by Crippen LogP contribution is -2.32. The Bertz CT molecular complexity index is 472. The fraction of sp³-hybridized carbons (Fsp3) is 0.500. The molecule has 6 atom stereocenters. The predicted molar refractivity (Wildman–Crippen MR) is 72.0 cm³/mol. The summed E-state index contributed by atoms with van der Waals surface area (Å²) in [7, 11) is 0. The second kappa shape index (κ2) is 3.46. The fourth-order valence-electron chi connectivity index (χ4n) is 4.10. The van der Waals surface area contributed by atoms with Gasteiger partial charge in [-0.15, -0.1) is 0 Å². The summed E-state index contributed by atoms with van der Waals surface area (Å²) in [6.45, 7) is 0. The number of esters is 1. The van der Waals surface area contributed by atoms with Crippen LogP contribution in [-0.4, -0.2) is 16.0 Å². The highest BCUT2D eigenvalue weighted by Gasteiger charge is 2.65. The number of benzene rings is 1. The maximum Gasteiger partial charge on any atom is 0.310 e. The topological polar surface area (TPSA) is 26.3 Å². The van der Waals surface area contributed by atoms with E-state index in [4.69, 9.17) is 4.74 Å². The van der Waals surface area contributed by atoms with Gasteiger partial charge < -0.3 is 4.74 Å². The monoisotopic (exact) mass is 340 g/mol. The summed E-state index contributed by atoms with van der Waals surface area (Å²) in [5.41, 5.74) is 1.32. The Kier molecular flexibility index (Phi) is 2.11. The number of fused-ring (bicyclic) bond motifs is 1. The van der Waals surface area contributed by atoms with E-state index in [1.807, 2.05) is 6.07 Å². The van der Waals surface area contributed by atoms with E-state index in [1.54, 1.807) is 0 Å². The van der Waals surface area contributed by atoms with Crippen LogP contribution in [0.2, 0.25) is 0 Å². The highest BCUT2D eigenvalue weighted by Crippen LogP contribution is 2.63. The molecular formula is C14H13IO2. The SMILES string of the molecule is O=C1O[C@H]2[C@@H](I)[C@H]3C[C@H]2[C@H]1[C@H]3c1ccccc1. The molecule has 2 saturated carbocycles. The molecule has 1 aromatic carbocycles. The van der Waals surface area contributed by atoms with Crippen molar-refractivity contribution in [3.63, 3.8) is 0 Å². The van der Waals surface area contributed by atoms with E-state index in [1.165, 1.54) is 12.0 Å². The maximum absolute atomic E-state index is 12.0. The molecule has 2 bridgehead atoms. The van der Waals surface area contributed by atoms with E-state index < -0.39 is 0 Å². The Morgan fingerprint density at radius 3 is 2.65 bits per heavy atom. The van der Waals surface area contributed by atoms with Gasteiger partial charge in [0.05, 0.1) is 9.84 Å². The van der Waals surface area contributed by atoms with Crippen molar-refractivity contribution in [2.45, 2.75) is 22.4 Å². The van der Waals surface area contributed by atoms with Crippen molar-refractivity contribution in [3.05, 3.63) is 35.9 Å². The Labute approximate surface area is 114 Å². The third kappa shape index (κ3) is 1.23. The summed E-state index contributed by atoms with van der Waals surface area (Å²) in [5, 5.41) is 0. The third-order valence-electron chi connectivity index (χ3n) is 4.71. The smallest absolute Gasteiger partial charge is 0.310 e. The highest BCUT2D eigenvalue weighted by molar-refractivity contribution is 14.1. The van der Waals surface area contributed by atoms with E-state index in [-0.39, 0.29) is 18.0 Å². The van der Waals surface area contributed by atoms with E-state index in [0.717, 1.165) is 0 Å². The Balaban J connectivity index is 1.80. The van der Waals surface area contributed by atoms with Crippen molar-refractivity contribution in [1.29, 1.82) is 0 Å². The molecule has 0 spiro atoms. The van der Waals surface area contributed by atoms with Crippen LogP contribution in [0, 0.1) is 17.8 Å². The molecule has 4 rings (SSSR count). The van der Waals surface area contributed by atoms with Gasteiger partial charge in [-0.2, -0.15) is 0 Å². The summed E-state index contributed by atoms with van der Waals surface area (Å²) >= 11 is 2.49. The van der Waals surface area contributed by atoms with Crippen molar-refractivity contribution >= 4 is 28.6 Å². The number of carbonyl (C=O) groups is 1. The van der Waals surface area contributed by atoms with Gasteiger partial charge in [0, 0.05) is 11.8 Å². The number of carbonyl (C=O) groups excluding carboxylic acids is 1. The standard InChI is InChI=1S/C14H13IO2/c15-12-8-6-9-11(14(16)17-13(9)12)10(8)7-4-2-1-3-5-7/h1-5,8-13H,6H2/t8-,9-,10-,11-,12-,13+/m0/s1. The van der Waals surface area contributed by atoms with Crippen molar-refractivity contribution in [1.82, 2.24) is 0 Å². The highest BCUT2D eigenvalue weighted by atomic mass is 127. The summed E-state index contributed by atoms with van der Waals surface area (Å²) in [6.07, 6.45) is 1.38. The average molecular weight is 340 g/mol. The molecule has 0 N–H and O–H groups in total. The van der Waals surface area contributed by atoms with Gasteiger partial charge in [-0.3, -0.25) is 4.79 Å². The van der Waals surface area contributed by atoms with E-state index in [2.05, 4.69) is 46.9 Å². The van der Waals surface area contributed by atoms with Gasteiger partial charge in [-0.25, -0.2) is 0 Å². The quantitative estimate of drug-likeness (QED) is 0.446. The molecule has 2 nitrogen and oxygen atoms in total. The van der Waals surface area contributed by atoms with Gasteiger partial charge >= 0.3 is 5.97 Å². The first-order valence-electron chi connectivity index (χ1n) is 6.17. The third-order valence-corrected chi connectivity index (χ3v) is 6.34. The van der Waals surface area contributed by atoms with Crippen LogP contribution >= 0.6 is 22.6 Å². The van der Waals surface area contributed by atoms with Crippen molar-refractivity contribution < 1.29 is 9.53 Å². The van der Waals surface area contributed by atoms with Crippen LogP contribution in [0.25, 0.3) is 0 Å². The van der Waals surface area contributed by atoms with Gasteiger partial charge in [-0.1, -0.05) is 52.9 Å². The maximum atomic E-state index is 12.0. The van der Waals surface area contributed by atoms with Gasteiger partial charge in [0.1, 0.15) is 6.10 Å². The molecule has 0 unspecified atom stereocenters. The van der Waals surface area contributed by atoms with Crippen LogP contribution in [0.15, 0.2) is 30.3 Å². The predicted octanol–water partition coefficient (Wildman–Crippen LogP) is 2.77. The molecule has 17 heavy (non-hydrogen) atoms. The normalized spacial score (nSPS) is 46.3. The molecule has 0 aromatic heterocycles. The molecule has 88 valence electrons. The Morgan fingerprint density at radius 2 is 1.88 bits per heavy atom. The molecule has 1 saturated heterocycles. The summed E-state index contributed by atoms with van der Waals surface area (Å²) < 4.78 is 6.06. The molecule has 1 aromatic rings. The van der Waals surface area contributed by atoms with Crippen molar-refractivity contribution in [2.75, 3.05) is 0 Å². The minimum atomic E-state index is 0.0514. The summed E-state index contributed by atoms with van der Waals surface area (Å²) in [5.74, 6) is 1.70. The largest absolute Gasteiger partial charge is 0.461 e.